The van der Waals surface area contributed by atoms with E-state index in [0.29, 0.717) is 30.8 Å². The van der Waals surface area contributed by atoms with Crippen LogP contribution in [0.15, 0.2) is 48.8 Å². The number of ether oxygens (including phenoxy) is 1. The summed E-state index contributed by atoms with van der Waals surface area (Å²) >= 11 is 0. The van der Waals surface area contributed by atoms with Gasteiger partial charge in [-0.1, -0.05) is 25.0 Å². The molecule has 0 unspecified atom stereocenters. The zero-order valence-electron chi connectivity index (χ0n) is 14.5. The number of nitrogens with one attached hydrogen (secondary N) is 1. The van der Waals surface area contributed by atoms with Gasteiger partial charge in [0.15, 0.2) is 0 Å². The van der Waals surface area contributed by atoms with Crippen LogP contribution in [0.2, 0.25) is 0 Å². The molecule has 1 aromatic heterocycles. The molecule has 2 aromatic rings. The summed E-state index contributed by atoms with van der Waals surface area (Å²) in [7, 11) is 0. The van der Waals surface area contributed by atoms with Gasteiger partial charge in [-0.3, -0.25) is 14.6 Å². The molecule has 6 nitrogen and oxygen atoms in total. The SMILES string of the molecule is O=C(O)CC1(NC(=O)c2cccc(OCc3cccnc3)c2)CCCC1. The fourth-order valence-corrected chi connectivity index (χ4v) is 3.38. The zero-order valence-corrected chi connectivity index (χ0v) is 14.5. The average Bonchev–Trinajstić information content (AvgIpc) is 3.08. The summed E-state index contributed by atoms with van der Waals surface area (Å²) < 4.78 is 5.73. The third-order valence-electron chi connectivity index (χ3n) is 4.65. The van der Waals surface area contributed by atoms with Crippen molar-refractivity contribution in [3.05, 3.63) is 59.9 Å². The van der Waals surface area contributed by atoms with Crippen molar-refractivity contribution in [2.75, 3.05) is 0 Å². The molecule has 3 rings (SSSR count). The van der Waals surface area contributed by atoms with Crippen LogP contribution in [0.5, 0.6) is 5.75 Å². The van der Waals surface area contributed by atoms with Crippen LogP contribution >= 0.6 is 0 Å². The van der Waals surface area contributed by atoms with Crippen LogP contribution in [-0.2, 0) is 11.4 Å². The maximum absolute atomic E-state index is 12.6. The van der Waals surface area contributed by atoms with Crippen molar-refractivity contribution < 1.29 is 19.4 Å². The van der Waals surface area contributed by atoms with E-state index in [2.05, 4.69) is 10.3 Å². The van der Waals surface area contributed by atoms with E-state index in [1.54, 1.807) is 36.7 Å². The number of carbonyl (C=O) groups is 2. The molecular formula is C20H22N2O4. The molecule has 1 saturated carbocycles. The van der Waals surface area contributed by atoms with E-state index in [4.69, 9.17) is 9.84 Å². The van der Waals surface area contributed by atoms with Crippen LogP contribution in [0.4, 0.5) is 0 Å². The highest BCUT2D eigenvalue weighted by atomic mass is 16.5. The van der Waals surface area contributed by atoms with Gasteiger partial charge >= 0.3 is 5.97 Å². The van der Waals surface area contributed by atoms with Gasteiger partial charge in [0.2, 0.25) is 0 Å². The highest BCUT2D eigenvalue weighted by Gasteiger charge is 2.37. The first-order chi connectivity index (χ1) is 12.6. The number of amides is 1. The summed E-state index contributed by atoms with van der Waals surface area (Å²) in [5.74, 6) is -0.569. The van der Waals surface area contributed by atoms with Crippen LogP contribution in [0.1, 0.15) is 48.0 Å². The molecule has 0 bridgehead atoms. The molecule has 6 heteroatoms. The molecule has 0 spiro atoms. The van der Waals surface area contributed by atoms with Crippen LogP contribution in [0.25, 0.3) is 0 Å². The summed E-state index contributed by atoms with van der Waals surface area (Å²) in [5, 5.41) is 12.1. The quantitative estimate of drug-likeness (QED) is 0.797. The largest absolute Gasteiger partial charge is 0.489 e. The second kappa shape index (κ2) is 7.99. The zero-order chi connectivity index (χ0) is 18.4. The van der Waals surface area contributed by atoms with Crippen LogP contribution in [0.3, 0.4) is 0 Å². The molecular weight excluding hydrogens is 332 g/mol. The minimum absolute atomic E-state index is 0.0457. The molecule has 0 atom stereocenters. The van der Waals surface area contributed by atoms with E-state index in [0.717, 1.165) is 18.4 Å². The Labute approximate surface area is 152 Å². The number of carboxylic acids is 1. The summed E-state index contributed by atoms with van der Waals surface area (Å²) in [6.45, 7) is 0.363. The highest BCUT2D eigenvalue weighted by molar-refractivity contribution is 5.95. The standard InChI is InChI=1S/C20H22N2O4/c23-18(24)12-20(8-1-2-9-20)22-19(25)16-6-3-7-17(11-16)26-14-15-5-4-10-21-13-15/h3-7,10-11,13H,1-2,8-9,12,14H2,(H,22,25)(H,23,24). The van der Waals surface area contributed by atoms with E-state index in [-0.39, 0.29) is 12.3 Å². The molecule has 1 aliphatic carbocycles. The molecule has 26 heavy (non-hydrogen) atoms. The maximum atomic E-state index is 12.6. The lowest BCUT2D eigenvalue weighted by Crippen LogP contribution is -2.47. The van der Waals surface area contributed by atoms with Crippen molar-refractivity contribution >= 4 is 11.9 Å². The normalized spacial score (nSPS) is 15.4. The molecule has 136 valence electrons. The number of hydrogen-bond donors (Lipinski definition) is 2. The number of nitrogens with zero attached hydrogens (tertiary/aromatic N) is 1. The molecule has 0 aliphatic heterocycles. The Kier molecular flexibility index (Phi) is 5.51. The molecule has 1 aromatic carbocycles. The van der Waals surface area contributed by atoms with Gasteiger partial charge in [-0.05, 0) is 37.1 Å². The number of carboxylic acid groups (broad SMARTS) is 1. The smallest absolute Gasteiger partial charge is 0.305 e. The molecule has 1 aliphatic rings. The van der Waals surface area contributed by atoms with Crippen LogP contribution in [0, 0.1) is 0 Å². The third-order valence-corrected chi connectivity index (χ3v) is 4.65. The maximum Gasteiger partial charge on any atom is 0.305 e. The molecule has 0 radical (unpaired) electrons. The van der Waals surface area contributed by atoms with Gasteiger partial charge in [-0.25, -0.2) is 0 Å². The number of aromatic nitrogens is 1. The van der Waals surface area contributed by atoms with Crippen molar-refractivity contribution in [2.45, 2.75) is 44.2 Å². The van der Waals surface area contributed by atoms with E-state index >= 15 is 0 Å². The molecule has 2 N–H and O–H groups in total. The Morgan fingerprint density at radius 2 is 2.00 bits per heavy atom. The van der Waals surface area contributed by atoms with E-state index in [1.165, 1.54) is 0 Å². The molecule has 1 fully saturated rings. The molecule has 1 heterocycles. The second-order valence-electron chi connectivity index (χ2n) is 6.69. The summed E-state index contributed by atoms with van der Waals surface area (Å²) in [5.41, 5.74) is 0.759. The first-order valence-electron chi connectivity index (χ1n) is 8.72. The fourth-order valence-electron chi connectivity index (χ4n) is 3.38. The lowest BCUT2D eigenvalue weighted by Gasteiger charge is -2.28. The van der Waals surface area contributed by atoms with Gasteiger partial charge in [-0.2, -0.15) is 0 Å². The van der Waals surface area contributed by atoms with Gasteiger partial charge < -0.3 is 15.2 Å². The van der Waals surface area contributed by atoms with Crippen molar-refractivity contribution in [2.24, 2.45) is 0 Å². The monoisotopic (exact) mass is 354 g/mol. The van der Waals surface area contributed by atoms with Gasteiger partial charge in [-0.15, -0.1) is 0 Å². The van der Waals surface area contributed by atoms with Gasteiger partial charge in [0.1, 0.15) is 12.4 Å². The first kappa shape index (κ1) is 17.9. The van der Waals surface area contributed by atoms with Crippen molar-refractivity contribution in [1.82, 2.24) is 10.3 Å². The van der Waals surface area contributed by atoms with E-state index in [9.17, 15) is 9.59 Å². The Balaban J connectivity index is 1.66. The number of aliphatic carboxylic acids is 1. The van der Waals surface area contributed by atoms with Crippen LogP contribution in [-0.4, -0.2) is 27.5 Å². The van der Waals surface area contributed by atoms with E-state index < -0.39 is 11.5 Å². The Bertz CT molecular complexity index is 770. The second-order valence-corrected chi connectivity index (χ2v) is 6.69. The fraction of sp³-hybridized carbons (Fsp3) is 0.350. The van der Waals surface area contributed by atoms with Gasteiger partial charge in [0.05, 0.1) is 12.0 Å². The predicted molar refractivity (Wildman–Crippen MR) is 95.9 cm³/mol. The Morgan fingerprint density at radius 3 is 2.69 bits per heavy atom. The van der Waals surface area contributed by atoms with Gasteiger partial charge in [0, 0.05) is 23.5 Å². The van der Waals surface area contributed by atoms with Crippen LogP contribution < -0.4 is 10.1 Å². The van der Waals surface area contributed by atoms with Crippen molar-refractivity contribution in [3.8, 4) is 5.75 Å². The predicted octanol–water partition coefficient (Wildman–Crippen LogP) is 3.18. The molecule has 1 amide bonds. The number of hydrogen-bond acceptors (Lipinski definition) is 4. The topological polar surface area (TPSA) is 88.5 Å². The lowest BCUT2D eigenvalue weighted by molar-refractivity contribution is -0.138. The number of benzene rings is 1. The first-order valence-corrected chi connectivity index (χ1v) is 8.72. The number of pyridine rings is 1. The highest BCUT2D eigenvalue weighted by Crippen LogP contribution is 2.33. The minimum atomic E-state index is -0.888. The number of rotatable bonds is 7. The third kappa shape index (κ3) is 4.59. The molecule has 0 saturated heterocycles. The summed E-state index contributed by atoms with van der Waals surface area (Å²) in [6.07, 6.45) is 6.64. The average molecular weight is 354 g/mol. The summed E-state index contributed by atoms with van der Waals surface area (Å²) in [4.78, 5) is 27.9. The van der Waals surface area contributed by atoms with Crippen molar-refractivity contribution in [1.29, 1.82) is 0 Å². The minimum Gasteiger partial charge on any atom is -0.489 e. The lowest BCUT2D eigenvalue weighted by atomic mass is 9.92. The van der Waals surface area contributed by atoms with Crippen molar-refractivity contribution in [3.63, 3.8) is 0 Å². The van der Waals surface area contributed by atoms with Gasteiger partial charge in [0.25, 0.3) is 5.91 Å². The Hall–Kier alpha value is -2.89. The van der Waals surface area contributed by atoms with E-state index in [1.807, 2.05) is 12.1 Å². The Morgan fingerprint density at radius 1 is 1.19 bits per heavy atom. The summed E-state index contributed by atoms with van der Waals surface area (Å²) in [6, 6.07) is 10.7. The number of carbonyl (C=O) groups excluding carboxylic acids is 1.